The van der Waals surface area contributed by atoms with Gasteiger partial charge in [-0.1, -0.05) is 13.8 Å². The maximum absolute atomic E-state index is 12.8. The Hall–Kier alpha value is -0.980. The van der Waals surface area contributed by atoms with Gasteiger partial charge in [-0.2, -0.15) is 0 Å². The standard InChI is InChI=1S/C15H23N3O2S/c1-10(2)12-13(15(19)18-7-5-16-6-8-18)21-14(17-12)11-4-3-9-20-11/h10-11,16H,3-9H2,1-2H3. The third-order valence-corrected chi connectivity index (χ3v) is 5.17. The number of thiazole rings is 1. The van der Waals surface area contributed by atoms with Gasteiger partial charge in [0.2, 0.25) is 0 Å². The van der Waals surface area contributed by atoms with Crippen LogP contribution < -0.4 is 5.32 Å². The van der Waals surface area contributed by atoms with Crippen molar-refractivity contribution in [1.82, 2.24) is 15.2 Å². The number of nitrogens with one attached hydrogen (secondary N) is 1. The zero-order valence-corrected chi connectivity index (χ0v) is 13.5. The van der Waals surface area contributed by atoms with Crippen LogP contribution in [0.15, 0.2) is 0 Å². The van der Waals surface area contributed by atoms with E-state index in [1.807, 2.05) is 4.90 Å². The van der Waals surface area contributed by atoms with E-state index in [0.29, 0.717) is 0 Å². The molecule has 2 aliphatic rings. The summed E-state index contributed by atoms with van der Waals surface area (Å²) in [6, 6.07) is 0. The molecule has 1 atom stereocenters. The lowest BCUT2D eigenvalue weighted by atomic mass is 10.1. The van der Waals surface area contributed by atoms with E-state index in [9.17, 15) is 4.79 Å². The zero-order valence-electron chi connectivity index (χ0n) is 12.7. The van der Waals surface area contributed by atoms with Gasteiger partial charge >= 0.3 is 0 Å². The first-order valence-electron chi connectivity index (χ1n) is 7.79. The molecule has 1 aromatic rings. The van der Waals surface area contributed by atoms with Crippen LogP contribution >= 0.6 is 11.3 Å². The van der Waals surface area contributed by atoms with Crippen LogP contribution in [0.5, 0.6) is 0 Å². The number of carbonyl (C=O) groups excluding carboxylic acids is 1. The summed E-state index contributed by atoms with van der Waals surface area (Å²) in [4.78, 5) is 20.3. The van der Waals surface area contributed by atoms with Gasteiger partial charge in [0, 0.05) is 32.8 Å². The fraction of sp³-hybridized carbons (Fsp3) is 0.733. The van der Waals surface area contributed by atoms with E-state index in [0.717, 1.165) is 61.2 Å². The van der Waals surface area contributed by atoms with Crippen molar-refractivity contribution >= 4 is 17.2 Å². The summed E-state index contributed by atoms with van der Waals surface area (Å²) >= 11 is 1.54. The molecule has 0 aromatic carbocycles. The van der Waals surface area contributed by atoms with Crippen molar-refractivity contribution in [1.29, 1.82) is 0 Å². The van der Waals surface area contributed by atoms with Gasteiger partial charge < -0.3 is 15.0 Å². The van der Waals surface area contributed by atoms with Crippen LogP contribution in [0, 0.1) is 0 Å². The molecule has 1 N–H and O–H groups in total. The van der Waals surface area contributed by atoms with Gasteiger partial charge in [0.05, 0.1) is 5.69 Å². The van der Waals surface area contributed by atoms with Crippen LogP contribution in [-0.2, 0) is 4.74 Å². The van der Waals surface area contributed by atoms with Crippen LogP contribution in [-0.4, -0.2) is 48.6 Å². The highest BCUT2D eigenvalue weighted by Crippen LogP contribution is 2.35. The topological polar surface area (TPSA) is 54.5 Å². The molecule has 0 aliphatic carbocycles. The second-order valence-corrected chi connectivity index (χ2v) is 7.00. The van der Waals surface area contributed by atoms with Crippen molar-refractivity contribution in [2.45, 2.75) is 38.7 Å². The lowest BCUT2D eigenvalue weighted by Crippen LogP contribution is -2.46. The van der Waals surface area contributed by atoms with E-state index in [1.54, 1.807) is 0 Å². The third-order valence-electron chi connectivity index (χ3n) is 4.02. The van der Waals surface area contributed by atoms with E-state index >= 15 is 0 Å². The number of piperazine rings is 1. The fourth-order valence-corrected chi connectivity index (χ4v) is 4.09. The van der Waals surface area contributed by atoms with Gasteiger partial charge in [0.1, 0.15) is 16.0 Å². The molecule has 21 heavy (non-hydrogen) atoms. The van der Waals surface area contributed by atoms with E-state index in [4.69, 9.17) is 9.72 Å². The normalized spacial score (nSPS) is 23.0. The smallest absolute Gasteiger partial charge is 0.265 e. The van der Waals surface area contributed by atoms with Crippen molar-refractivity contribution in [3.63, 3.8) is 0 Å². The Labute approximate surface area is 129 Å². The van der Waals surface area contributed by atoms with Crippen molar-refractivity contribution in [3.05, 3.63) is 15.6 Å². The van der Waals surface area contributed by atoms with Crippen LogP contribution in [0.25, 0.3) is 0 Å². The molecule has 3 rings (SSSR count). The maximum atomic E-state index is 12.8. The summed E-state index contributed by atoms with van der Waals surface area (Å²) in [6.07, 6.45) is 2.20. The summed E-state index contributed by atoms with van der Waals surface area (Å²) in [5, 5.41) is 4.26. The Morgan fingerprint density at radius 1 is 1.43 bits per heavy atom. The van der Waals surface area contributed by atoms with Gasteiger partial charge in [-0.25, -0.2) is 4.98 Å². The van der Waals surface area contributed by atoms with Gasteiger partial charge in [0.25, 0.3) is 5.91 Å². The van der Waals surface area contributed by atoms with Gasteiger partial charge in [-0.15, -0.1) is 11.3 Å². The molecule has 0 radical (unpaired) electrons. The molecule has 1 aromatic heterocycles. The Morgan fingerprint density at radius 3 is 2.81 bits per heavy atom. The minimum atomic E-state index is 0.0945. The van der Waals surface area contributed by atoms with E-state index < -0.39 is 0 Å². The summed E-state index contributed by atoms with van der Waals surface area (Å²) < 4.78 is 5.73. The molecule has 116 valence electrons. The van der Waals surface area contributed by atoms with Crippen LogP contribution in [0.1, 0.15) is 59.1 Å². The second kappa shape index (κ2) is 6.42. The first-order chi connectivity index (χ1) is 10.2. The first-order valence-corrected chi connectivity index (χ1v) is 8.60. The number of hydrogen-bond acceptors (Lipinski definition) is 5. The molecule has 0 saturated carbocycles. The predicted octanol–water partition coefficient (Wildman–Crippen LogP) is 2.16. The average molecular weight is 309 g/mol. The Bertz CT molecular complexity index is 503. The molecule has 2 saturated heterocycles. The molecule has 2 aliphatic heterocycles. The molecular formula is C15H23N3O2S. The van der Waals surface area contributed by atoms with Crippen LogP contribution in [0.3, 0.4) is 0 Å². The SMILES string of the molecule is CC(C)c1nc(C2CCCO2)sc1C(=O)N1CCNCC1. The highest BCUT2D eigenvalue weighted by atomic mass is 32.1. The molecule has 3 heterocycles. The Balaban J connectivity index is 1.86. The number of rotatable bonds is 3. The average Bonchev–Trinajstić information content (AvgIpc) is 3.16. The number of ether oxygens (including phenoxy) is 1. The molecular weight excluding hydrogens is 286 g/mol. The zero-order chi connectivity index (χ0) is 14.8. The molecule has 0 spiro atoms. The van der Waals surface area contributed by atoms with Gasteiger partial charge in [-0.3, -0.25) is 4.79 Å². The summed E-state index contributed by atoms with van der Waals surface area (Å²) in [5.41, 5.74) is 0.939. The number of aromatic nitrogens is 1. The predicted molar refractivity (Wildman–Crippen MR) is 82.9 cm³/mol. The highest BCUT2D eigenvalue weighted by Gasteiger charge is 2.29. The number of hydrogen-bond donors (Lipinski definition) is 1. The lowest BCUT2D eigenvalue weighted by Gasteiger charge is -2.27. The van der Waals surface area contributed by atoms with Crippen molar-refractivity contribution < 1.29 is 9.53 Å². The monoisotopic (exact) mass is 309 g/mol. The number of nitrogens with zero attached hydrogens (tertiary/aromatic N) is 2. The third kappa shape index (κ3) is 3.12. The molecule has 5 nitrogen and oxygen atoms in total. The molecule has 1 unspecified atom stereocenters. The Morgan fingerprint density at radius 2 is 2.19 bits per heavy atom. The minimum absolute atomic E-state index is 0.0945. The van der Waals surface area contributed by atoms with Crippen molar-refractivity contribution in [2.75, 3.05) is 32.8 Å². The molecule has 2 fully saturated rings. The fourth-order valence-electron chi connectivity index (χ4n) is 2.82. The van der Waals surface area contributed by atoms with Crippen molar-refractivity contribution in [3.8, 4) is 0 Å². The molecule has 1 amide bonds. The van der Waals surface area contributed by atoms with E-state index in [1.165, 1.54) is 11.3 Å². The van der Waals surface area contributed by atoms with Crippen molar-refractivity contribution in [2.24, 2.45) is 0 Å². The number of carbonyl (C=O) groups is 1. The van der Waals surface area contributed by atoms with Gasteiger partial charge in [0.15, 0.2) is 0 Å². The minimum Gasteiger partial charge on any atom is -0.371 e. The van der Waals surface area contributed by atoms with E-state index in [2.05, 4.69) is 19.2 Å². The first kappa shape index (κ1) is 14.9. The summed E-state index contributed by atoms with van der Waals surface area (Å²) in [5.74, 6) is 0.403. The maximum Gasteiger partial charge on any atom is 0.265 e. The second-order valence-electron chi connectivity index (χ2n) is 5.97. The van der Waals surface area contributed by atoms with E-state index in [-0.39, 0.29) is 17.9 Å². The largest absolute Gasteiger partial charge is 0.371 e. The molecule has 6 heteroatoms. The summed E-state index contributed by atoms with van der Waals surface area (Å²) in [7, 11) is 0. The summed E-state index contributed by atoms with van der Waals surface area (Å²) in [6.45, 7) is 8.32. The Kier molecular flexibility index (Phi) is 4.57. The molecule has 0 bridgehead atoms. The van der Waals surface area contributed by atoms with Crippen LogP contribution in [0.2, 0.25) is 0 Å². The van der Waals surface area contributed by atoms with Crippen LogP contribution in [0.4, 0.5) is 0 Å². The number of amides is 1. The lowest BCUT2D eigenvalue weighted by molar-refractivity contribution is 0.0739. The quantitative estimate of drug-likeness (QED) is 0.929. The van der Waals surface area contributed by atoms with Gasteiger partial charge in [-0.05, 0) is 18.8 Å². The highest BCUT2D eigenvalue weighted by molar-refractivity contribution is 7.13.